The Morgan fingerprint density at radius 1 is 1.23 bits per heavy atom. The fraction of sp³-hybridized carbons (Fsp3) is 0.333. The molecule has 2 N–H and O–H groups in total. The molecule has 1 fully saturated rings. The van der Waals surface area contributed by atoms with Crippen LogP contribution in [0.25, 0.3) is 10.9 Å². The highest BCUT2D eigenvalue weighted by Gasteiger charge is 2.21. The third-order valence-electron chi connectivity index (χ3n) is 5.49. The zero-order valence-corrected chi connectivity index (χ0v) is 18.7. The summed E-state index contributed by atoms with van der Waals surface area (Å²) in [6.07, 6.45) is 2.32. The number of carbonyl (C=O) groups excluding carboxylic acids is 2. The standard InChI is InChI=1S/C24H27N3O3S/c1-16-6-9-18(10-7-16)31-23-19-11-8-17(30-2)15-20(19)26-22(23)24(29)25-12-4-14-27-13-3-5-21(27)28/h6-11,15,26H,3-5,12-14H2,1-2H3,(H,25,29). The average molecular weight is 438 g/mol. The number of carbonyl (C=O) groups is 2. The van der Waals surface area contributed by atoms with Crippen molar-refractivity contribution in [1.82, 2.24) is 15.2 Å². The molecule has 0 bridgehead atoms. The maximum Gasteiger partial charge on any atom is 0.268 e. The Labute approximate surface area is 186 Å². The van der Waals surface area contributed by atoms with Crippen molar-refractivity contribution in [3.05, 3.63) is 53.7 Å². The van der Waals surface area contributed by atoms with Crippen molar-refractivity contribution in [2.75, 3.05) is 26.7 Å². The summed E-state index contributed by atoms with van der Waals surface area (Å²) in [6, 6.07) is 14.1. The largest absolute Gasteiger partial charge is 0.497 e. The van der Waals surface area contributed by atoms with Crippen LogP contribution in [-0.4, -0.2) is 48.4 Å². The van der Waals surface area contributed by atoms with Gasteiger partial charge in [-0.1, -0.05) is 29.5 Å². The second kappa shape index (κ2) is 9.47. The quantitative estimate of drug-likeness (QED) is 0.513. The molecule has 0 atom stereocenters. The maximum absolute atomic E-state index is 13.0. The Morgan fingerprint density at radius 3 is 2.74 bits per heavy atom. The zero-order valence-electron chi connectivity index (χ0n) is 17.9. The number of likely N-dealkylation sites (tertiary alicyclic amines) is 1. The van der Waals surface area contributed by atoms with E-state index < -0.39 is 0 Å². The van der Waals surface area contributed by atoms with Crippen LogP contribution in [0.2, 0.25) is 0 Å². The molecule has 0 saturated carbocycles. The van der Waals surface area contributed by atoms with E-state index in [1.165, 1.54) is 5.56 Å². The second-order valence-electron chi connectivity index (χ2n) is 7.75. The van der Waals surface area contributed by atoms with Gasteiger partial charge in [0.05, 0.1) is 17.5 Å². The first-order chi connectivity index (χ1) is 15.0. The number of aromatic amines is 1. The van der Waals surface area contributed by atoms with Crippen molar-refractivity contribution in [2.45, 2.75) is 36.0 Å². The first-order valence-electron chi connectivity index (χ1n) is 10.6. The number of hydrogen-bond acceptors (Lipinski definition) is 4. The van der Waals surface area contributed by atoms with Gasteiger partial charge in [-0.2, -0.15) is 0 Å². The van der Waals surface area contributed by atoms with Crippen molar-refractivity contribution >= 4 is 34.5 Å². The van der Waals surface area contributed by atoms with Crippen LogP contribution >= 0.6 is 11.8 Å². The Balaban J connectivity index is 1.52. The molecule has 1 aliphatic heterocycles. The van der Waals surface area contributed by atoms with Gasteiger partial charge in [0.15, 0.2) is 0 Å². The molecule has 4 rings (SSSR count). The molecule has 0 spiro atoms. The van der Waals surface area contributed by atoms with Gasteiger partial charge in [0.25, 0.3) is 5.91 Å². The van der Waals surface area contributed by atoms with Crippen molar-refractivity contribution in [1.29, 1.82) is 0 Å². The van der Waals surface area contributed by atoms with Gasteiger partial charge in [-0.25, -0.2) is 0 Å². The minimum Gasteiger partial charge on any atom is -0.497 e. The number of aromatic nitrogens is 1. The predicted molar refractivity (Wildman–Crippen MR) is 123 cm³/mol. The lowest BCUT2D eigenvalue weighted by Crippen LogP contribution is -2.30. The lowest BCUT2D eigenvalue weighted by molar-refractivity contribution is -0.127. The minimum atomic E-state index is -0.141. The highest BCUT2D eigenvalue weighted by atomic mass is 32.2. The minimum absolute atomic E-state index is 0.141. The van der Waals surface area contributed by atoms with E-state index in [0.717, 1.165) is 45.8 Å². The van der Waals surface area contributed by atoms with Gasteiger partial charge in [0, 0.05) is 42.4 Å². The third-order valence-corrected chi connectivity index (χ3v) is 6.62. The smallest absolute Gasteiger partial charge is 0.268 e. The van der Waals surface area contributed by atoms with Gasteiger partial charge in [-0.3, -0.25) is 9.59 Å². The van der Waals surface area contributed by atoms with E-state index >= 15 is 0 Å². The van der Waals surface area contributed by atoms with Gasteiger partial charge in [0.2, 0.25) is 5.91 Å². The number of nitrogens with zero attached hydrogens (tertiary/aromatic N) is 1. The fourth-order valence-electron chi connectivity index (χ4n) is 3.77. The SMILES string of the molecule is COc1ccc2c(Sc3ccc(C)cc3)c(C(=O)NCCCN3CCCC3=O)[nH]c2c1. The summed E-state index contributed by atoms with van der Waals surface area (Å²) >= 11 is 1.57. The molecule has 0 radical (unpaired) electrons. The molecule has 2 aromatic carbocycles. The van der Waals surface area contributed by atoms with Gasteiger partial charge >= 0.3 is 0 Å². The highest BCUT2D eigenvalue weighted by Crippen LogP contribution is 2.38. The van der Waals surface area contributed by atoms with Crippen LogP contribution in [0.15, 0.2) is 52.3 Å². The van der Waals surface area contributed by atoms with Crippen LogP contribution < -0.4 is 10.1 Å². The number of amides is 2. The number of H-pyrrole nitrogens is 1. The second-order valence-corrected chi connectivity index (χ2v) is 8.83. The van der Waals surface area contributed by atoms with Crippen molar-refractivity contribution in [3.8, 4) is 5.75 Å². The van der Waals surface area contributed by atoms with Crippen LogP contribution in [-0.2, 0) is 4.79 Å². The van der Waals surface area contributed by atoms with E-state index in [4.69, 9.17) is 4.74 Å². The van der Waals surface area contributed by atoms with Crippen molar-refractivity contribution in [3.63, 3.8) is 0 Å². The average Bonchev–Trinajstić information content (AvgIpc) is 3.35. The number of aryl methyl sites for hydroxylation is 1. The van der Waals surface area contributed by atoms with Gasteiger partial charge in [-0.05, 0) is 44.0 Å². The van der Waals surface area contributed by atoms with E-state index in [9.17, 15) is 9.59 Å². The molecule has 3 aromatic rings. The molecule has 1 aliphatic rings. The lowest BCUT2D eigenvalue weighted by Gasteiger charge is -2.15. The molecular weight excluding hydrogens is 410 g/mol. The molecule has 1 aromatic heterocycles. The number of rotatable bonds is 8. The Bertz CT molecular complexity index is 1090. The summed E-state index contributed by atoms with van der Waals surface area (Å²) in [5.74, 6) is 0.813. The Hall–Kier alpha value is -2.93. The predicted octanol–water partition coefficient (Wildman–Crippen LogP) is 4.38. The monoisotopic (exact) mass is 437 g/mol. The fourth-order valence-corrected chi connectivity index (χ4v) is 4.81. The maximum atomic E-state index is 13.0. The molecule has 0 aliphatic carbocycles. The van der Waals surface area contributed by atoms with Gasteiger partial charge in [0.1, 0.15) is 11.4 Å². The molecule has 7 heteroatoms. The van der Waals surface area contributed by atoms with E-state index in [-0.39, 0.29) is 11.8 Å². The summed E-state index contributed by atoms with van der Waals surface area (Å²) in [4.78, 5) is 31.9. The number of fused-ring (bicyclic) bond motifs is 1. The summed E-state index contributed by atoms with van der Waals surface area (Å²) < 4.78 is 5.34. The highest BCUT2D eigenvalue weighted by molar-refractivity contribution is 7.99. The van der Waals surface area contributed by atoms with Crippen molar-refractivity contribution < 1.29 is 14.3 Å². The summed E-state index contributed by atoms with van der Waals surface area (Å²) in [6.45, 7) is 4.10. The topological polar surface area (TPSA) is 74.4 Å². The summed E-state index contributed by atoms with van der Waals surface area (Å²) in [5.41, 5.74) is 2.61. The molecule has 2 amide bonds. The number of methoxy groups -OCH3 is 1. The number of nitrogens with one attached hydrogen (secondary N) is 2. The first kappa shape index (κ1) is 21.3. The van der Waals surface area contributed by atoms with Crippen LogP contribution in [0.4, 0.5) is 0 Å². The van der Waals surface area contributed by atoms with Gasteiger partial charge < -0.3 is 19.9 Å². The molecule has 6 nitrogen and oxygen atoms in total. The summed E-state index contributed by atoms with van der Waals surface area (Å²) in [5, 5.41) is 4.00. The van der Waals surface area contributed by atoms with Crippen LogP contribution in [0.3, 0.4) is 0 Å². The molecule has 2 heterocycles. The van der Waals surface area contributed by atoms with Gasteiger partial charge in [-0.15, -0.1) is 0 Å². The normalized spacial score (nSPS) is 13.7. The molecule has 1 saturated heterocycles. The number of ether oxygens (including phenoxy) is 1. The molecular formula is C24H27N3O3S. The summed E-state index contributed by atoms with van der Waals surface area (Å²) in [7, 11) is 1.63. The Kier molecular flexibility index (Phi) is 6.51. The van der Waals surface area contributed by atoms with Crippen LogP contribution in [0, 0.1) is 6.92 Å². The van der Waals surface area contributed by atoms with E-state index in [2.05, 4.69) is 41.5 Å². The Morgan fingerprint density at radius 2 is 2.03 bits per heavy atom. The van der Waals surface area contributed by atoms with Crippen molar-refractivity contribution in [2.24, 2.45) is 0 Å². The first-order valence-corrected chi connectivity index (χ1v) is 11.4. The van der Waals surface area contributed by atoms with Crippen LogP contribution in [0.5, 0.6) is 5.75 Å². The van der Waals surface area contributed by atoms with Crippen LogP contribution in [0.1, 0.15) is 35.3 Å². The van der Waals surface area contributed by atoms with E-state index in [1.807, 2.05) is 23.1 Å². The zero-order chi connectivity index (χ0) is 21.8. The molecule has 162 valence electrons. The molecule has 31 heavy (non-hydrogen) atoms. The molecule has 0 unspecified atom stereocenters. The third kappa shape index (κ3) is 4.88. The lowest BCUT2D eigenvalue weighted by atomic mass is 10.2. The van der Waals surface area contributed by atoms with E-state index in [1.54, 1.807) is 18.9 Å². The number of hydrogen-bond donors (Lipinski definition) is 2. The number of benzene rings is 2. The van der Waals surface area contributed by atoms with E-state index in [0.29, 0.717) is 25.2 Å².